The molecule has 0 saturated heterocycles. The number of hydrogen-bond donors (Lipinski definition) is 2. The summed E-state index contributed by atoms with van der Waals surface area (Å²) >= 11 is 1.30. The molecule has 6 nitrogen and oxygen atoms in total. The average molecular weight is 285 g/mol. The number of anilines is 2. The number of nitrogens with one attached hydrogen (secondary N) is 1. The molecular formula is C13H11N5OS. The third kappa shape index (κ3) is 2.08. The molecule has 100 valence electrons. The smallest absolute Gasteiger partial charge is 0.266 e. The molecule has 0 fully saturated rings. The van der Waals surface area contributed by atoms with Crippen LogP contribution in [-0.4, -0.2) is 20.9 Å². The third-order valence-electron chi connectivity index (χ3n) is 2.88. The number of nitrogens with zero attached hydrogens (tertiary/aromatic N) is 3. The van der Waals surface area contributed by atoms with E-state index in [1.54, 1.807) is 24.5 Å². The van der Waals surface area contributed by atoms with Gasteiger partial charge in [-0.3, -0.25) is 9.78 Å². The lowest BCUT2D eigenvalue weighted by Crippen LogP contribution is -2.11. The van der Waals surface area contributed by atoms with Gasteiger partial charge in [0.1, 0.15) is 17.0 Å². The van der Waals surface area contributed by atoms with E-state index in [1.165, 1.54) is 17.7 Å². The molecule has 0 unspecified atom stereocenters. The van der Waals surface area contributed by atoms with Crippen molar-refractivity contribution in [1.82, 2.24) is 15.0 Å². The van der Waals surface area contributed by atoms with Crippen molar-refractivity contribution in [3.05, 3.63) is 41.3 Å². The molecule has 1 amide bonds. The van der Waals surface area contributed by atoms with Crippen LogP contribution in [-0.2, 0) is 0 Å². The molecule has 7 heteroatoms. The topological polar surface area (TPSA) is 93.8 Å². The van der Waals surface area contributed by atoms with Gasteiger partial charge in [0.15, 0.2) is 0 Å². The van der Waals surface area contributed by atoms with Crippen molar-refractivity contribution in [2.24, 2.45) is 0 Å². The number of amides is 1. The molecule has 3 rings (SSSR count). The lowest BCUT2D eigenvalue weighted by Gasteiger charge is -2.03. The van der Waals surface area contributed by atoms with E-state index in [0.717, 1.165) is 10.9 Å². The number of carbonyl (C=O) groups excluding carboxylic acids is 1. The molecule has 0 saturated carbocycles. The molecule has 3 aromatic rings. The van der Waals surface area contributed by atoms with Crippen LogP contribution >= 0.6 is 11.3 Å². The Kier molecular flexibility index (Phi) is 3.03. The second kappa shape index (κ2) is 4.86. The fraction of sp³-hybridized carbons (Fsp3) is 0.0769. The van der Waals surface area contributed by atoms with Gasteiger partial charge >= 0.3 is 0 Å². The predicted octanol–water partition coefficient (Wildman–Crippen LogP) is 2.23. The van der Waals surface area contributed by atoms with E-state index in [9.17, 15) is 4.79 Å². The first-order chi connectivity index (χ1) is 9.66. The number of nitrogens with two attached hydrogens (primary N) is 1. The monoisotopic (exact) mass is 285 g/mol. The minimum Gasteiger partial charge on any atom is -0.383 e. The Bertz CT molecular complexity index is 784. The summed E-state index contributed by atoms with van der Waals surface area (Å²) in [4.78, 5) is 25.7. The highest BCUT2D eigenvalue weighted by atomic mass is 32.1. The Morgan fingerprint density at radius 1 is 1.40 bits per heavy atom. The van der Waals surface area contributed by atoms with E-state index >= 15 is 0 Å². The quantitative estimate of drug-likeness (QED) is 0.753. The van der Waals surface area contributed by atoms with Gasteiger partial charge in [0.05, 0.1) is 22.1 Å². The maximum atomic E-state index is 12.3. The van der Waals surface area contributed by atoms with Gasteiger partial charge in [0.2, 0.25) is 0 Å². The number of pyridine rings is 1. The molecule has 3 heterocycles. The Hall–Kier alpha value is -2.54. The van der Waals surface area contributed by atoms with Crippen LogP contribution in [0.25, 0.3) is 10.2 Å². The van der Waals surface area contributed by atoms with Crippen LogP contribution in [0, 0.1) is 6.92 Å². The summed E-state index contributed by atoms with van der Waals surface area (Å²) < 4.78 is 0. The summed E-state index contributed by atoms with van der Waals surface area (Å²) in [6, 6.07) is 3.54. The zero-order valence-electron chi connectivity index (χ0n) is 10.6. The van der Waals surface area contributed by atoms with Crippen molar-refractivity contribution in [2.75, 3.05) is 11.1 Å². The van der Waals surface area contributed by atoms with Crippen LogP contribution in [0.1, 0.15) is 15.2 Å². The minimum atomic E-state index is -0.196. The first kappa shape index (κ1) is 12.5. The molecule has 0 atom stereocenters. The fourth-order valence-corrected chi connectivity index (χ4v) is 2.99. The number of carbonyl (C=O) groups is 1. The number of thiophene rings is 1. The van der Waals surface area contributed by atoms with Gasteiger partial charge in [-0.05, 0) is 24.6 Å². The number of hydrogen-bond acceptors (Lipinski definition) is 6. The number of aryl methyl sites for hydroxylation is 1. The van der Waals surface area contributed by atoms with Crippen molar-refractivity contribution in [2.45, 2.75) is 6.92 Å². The van der Waals surface area contributed by atoms with Gasteiger partial charge < -0.3 is 11.1 Å². The summed E-state index contributed by atoms with van der Waals surface area (Å²) in [5.74, 6) is 0.196. The van der Waals surface area contributed by atoms with Gasteiger partial charge in [0, 0.05) is 6.20 Å². The molecule has 3 aromatic heterocycles. The normalized spacial score (nSPS) is 10.7. The second-order valence-electron chi connectivity index (χ2n) is 4.19. The van der Waals surface area contributed by atoms with E-state index in [0.29, 0.717) is 21.2 Å². The number of rotatable bonds is 2. The van der Waals surface area contributed by atoms with Crippen molar-refractivity contribution in [3.63, 3.8) is 0 Å². The van der Waals surface area contributed by atoms with Crippen LogP contribution in [0.15, 0.2) is 30.9 Å². The van der Waals surface area contributed by atoms with Gasteiger partial charge in [-0.25, -0.2) is 9.97 Å². The molecule has 0 aromatic carbocycles. The Labute approximate surface area is 118 Å². The second-order valence-corrected chi connectivity index (χ2v) is 5.19. The van der Waals surface area contributed by atoms with Crippen molar-refractivity contribution in [3.8, 4) is 0 Å². The zero-order chi connectivity index (χ0) is 14.1. The van der Waals surface area contributed by atoms with E-state index in [4.69, 9.17) is 5.73 Å². The summed E-state index contributed by atoms with van der Waals surface area (Å²) in [7, 11) is 0. The van der Waals surface area contributed by atoms with Crippen LogP contribution < -0.4 is 11.1 Å². The molecule has 0 aliphatic rings. The van der Waals surface area contributed by atoms with E-state index in [-0.39, 0.29) is 5.91 Å². The van der Waals surface area contributed by atoms with Gasteiger partial charge in [-0.15, -0.1) is 11.3 Å². The molecule has 20 heavy (non-hydrogen) atoms. The molecule has 3 N–H and O–H groups in total. The fourth-order valence-electron chi connectivity index (χ4n) is 1.94. The van der Waals surface area contributed by atoms with E-state index in [2.05, 4.69) is 20.3 Å². The minimum absolute atomic E-state index is 0.196. The predicted molar refractivity (Wildman–Crippen MR) is 78.8 cm³/mol. The number of nitrogen functional groups attached to an aromatic ring is 1. The lowest BCUT2D eigenvalue weighted by molar-refractivity contribution is 0.103. The Morgan fingerprint density at radius 2 is 2.25 bits per heavy atom. The summed E-state index contributed by atoms with van der Waals surface area (Å²) in [5, 5.41) is 3.54. The van der Waals surface area contributed by atoms with Crippen molar-refractivity contribution in [1.29, 1.82) is 0 Å². The highest BCUT2D eigenvalue weighted by molar-refractivity contribution is 7.20. The molecule has 0 spiro atoms. The first-order valence-electron chi connectivity index (χ1n) is 5.88. The molecule has 0 bridgehead atoms. The number of fused-ring (bicyclic) bond motifs is 1. The van der Waals surface area contributed by atoms with Crippen LogP contribution in [0.2, 0.25) is 0 Å². The highest BCUT2D eigenvalue weighted by Crippen LogP contribution is 2.32. The molecular weight excluding hydrogens is 274 g/mol. The summed E-state index contributed by atoms with van der Waals surface area (Å²) in [6.45, 7) is 1.84. The molecule has 0 aliphatic carbocycles. The zero-order valence-corrected chi connectivity index (χ0v) is 11.4. The van der Waals surface area contributed by atoms with Crippen molar-refractivity contribution < 1.29 is 4.79 Å². The Morgan fingerprint density at radius 3 is 2.95 bits per heavy atom. The third-order valence-corrected chi connectivity index (χ3v) is 4.08. The SMILES string of the molecule is Cc1c(C(=O)Nc2cccnc2)sc2ncnc(N)c12. The van der Waals surface area contributed by atoms with E-state index in [1.807, 2.05) is 6.92 Å². The largest absolute Gasteiger partial charge is 0.383 e. The molecule has 0 radical (unpaired) electrons. The van der Waals surface area contributed by atoms with E-state index < -0.39 is 0 Å². The first-order valence-corrected chi connectivity index (χ1v) is 6.69. The van der Waals surface area contributed by atoms with Gasteiger partial charge in [-0.1, -0.05) is 0 Å². The average Bonchev–Trinajstić information content (AvgIpc) is 2.79. The van der Waals surface area contributed by atoms with Crippen molar-refractivity contribution >= 4 is 39.0 Å². The van der Waals surface area contributed by atoms with Gasteiger partial charge in [0.25, 0.3) is 5.91 Å². The standard InChI is InChI=1S/C13H11N5OS/c1-7-9-11(14)16-6-17-13(9)20-10(7)12(19)18-8-3-2-4-15-5-8/h2-6H,1H3,(H,18,19)(H2,14,16,17). The summed E-state index contributed by atoms with van der Waals surface area (Å²) in [5.41, 5.74) is 7.28. The summed E-state index contributed by atoms with van der Waals surface area (Å²) in [6.07, 6.45) is 4.64. The van der Waals surface area contributed by atoms with Crippen LogP contribution in [0.3, 0.4) is 0 Å². The maximum absolute atomic E-state index is 12.3. The molecule has 0 aliphatic heterocycles. The highest BCUT2D eigenvalue weighted by Gasteiger charge is 2.18. The van der Waals surface area contributed by atoms with Crippen LogP contribution in [0.4, 0.5) is 11.5 Å². The van der Waals surface area contributed by atoms with Gasteiger partial charge in [-0.2, -0.15) is 0 Å². The Balaban J connectivity index is 2.00. The maximum Gasteiger partial charge on any atom is 0.266 e. The number of aromatic nitrogens is 3. The van der Waals surface area contributed by atoms with Crippen LogP contribution in [0.5, 0.6) is 0 Å². The lowest BCUT2D eigenvalue weighted by atomic mass is 10.2.